The van der Waals surface area contributed by atoms with E-state index in [0.717, 1.165) is 0 Å². The van der Waals surface area contributed by atoms with Crippen LogP contribution in [0.5, 0.6) is 0 Å². The molecule has 0 aliphatic carbocycles. The van der Waals surface area contributed by atoms with E-state index in [1.54, 1.807) is 6.92 Å². The Bertz CT molecular complexity index is 353. The zero-order valence-corrected chi connectivity index (χ0v) is 8.84. The monoisotopic (exact) mass is 230 g/mol. The summed E-state index contributed by atoms with van der Waals surface area (Å²) in [4.78, 5) is 11.5. The van der Waals surface area contributed by atoms with Crippen LogP contribution in [0, 0.1) is 0 Å². The number of carbonyl (C=O) groups is 1. The van der Waals surface area contributed by atoms with Crippen molar-refractivity contribution in [2.24, 2.45) is 0 Å². The Morgan fingerprint density at radius 1 is 1.62 bits per heavy atom. The topological polar surface area (TPSA) is 96.2 Å². The lowest BCUT2D eigenvalue weighted by molar-refractivity contribution is -0.262. The third-order valence-corrected chi connectivity index (χ3v) is 2.93. The lowest BCUT2D eigenvalue weighted by atomic mass is 9.86. The molecule has 2 saturated heterocycles. The van der Waals surface area contributed by atoms with E-state index in [1.807, 2.05) is 0 Å². The summed E-state index contributed by atoms with van der Waals surface area (Å²) >= 11 is 0. The second-order valence-electron chi connectivity index (χ2n) is 4.39. The zero-order chi connectivity index (χ0) is 12.1. The first-order valence-corrected chi connectivity index (χ1v) is 4.93. The van der Waals surface area contributed by atoms with Gasteiger partial charge in [-0.2, -0.15) is 0 Å². The molecule has 0 saturated carbocycles. The lowest BCUT2D eigenvalue weighted by Gasteiger charge is -2.31. The minimum Gasteiger partial charge on any atom is -0.451 e. The summed E-state index contributed by atoms with van der Waals surface area (Å²) in [6.07, 6.45) is -2.55. The summed E-state index contributed by atoms with van der Waals surface area (Å²) in [6, 6.07) is 0. The number of ether oxygens (including phenoxy) is 2. The third-order valence-electron chi connectivity index (χ3n) is 2.93. The smallest absolute Gasteiger partial charge is 0.344 e. The van der Waals surface area contributed by atoms with Gasteiger partial charge in [0.15, 0.2) is 6.10 Å². The van der Waals surface area contributed by atoms with Crippen LogP contribution >= 0.6 is 0 Å². The van der Waals surface area contributed by atoms with Crippen LogP contribution in [0.1, 0.15) is 13.3 Å². The number of hydrogen-bond donors (Lipinski definition) is 3. The average Bonchev–Trinajstić information content (AvgIpc) is 2.54. The maximum atomic E-state index is 11.5. The molecule has 0 aromatic carbocycles. The Morgan fingerprint density at radius 3 is 2.81 bits per heavy atom. The summed E-state index contributed by atoms with van der Waals surface area (Å²) in [5.41, 5.74) is -1.69. The molecule has 2 aliphatic rings. The van der Waals surface area contributed by atoms with Crippen molar-refractivity contribution in [3.05, 3.63) is 12.2 Å². The van der Waals surface area contributed by atoms with Crippen molar-refractivity contribution in [3.8, 4) is 0 Å². The van der Waals surface area contributed by atoms with E-state index in [0.29, 0.717) is 5.57 Å². The summed E-state index contributed by atoms with van der Waals surface area (Å²) in [7, 11) is 0. The van der Waals surface area contributed by atoms with E-state index < -0.39 is 29.6 Å². The number of rotatable bonds is 2. The van der Waals surface area contributed by atoms with Crippen molar-refractivity contribution >= 4 is 5.97 Å². The molecule has 16 heavy (non-hydrogen) atoms. The van der Waals surface area contributed by atoms with E-state index >= 15 is 0 Å². The largest absolute Gasteiger partial charge is 0.451 e. The van der Waals surface area contributed by atoms with Gasteiger partial charge in [-0.1, -0.05) is 5.57 Å². The van der Waals surface area contributed by atoms with E-state index in [9.17, 15) is 20.1 Å². The van der Waals surface area contributed by atoms with Gasteiger partial charge in [-0.15, -0.1) is 6.58 Å². The molecule has 0 amide bonds. The van der Waals surface area contributed by atoms with Crippen molar-refractivity contribution in [2.45, 2.75) is 36.9 Å². The van der Waals surface area contributed by atoms with Gasteiger partial charge in [0.2, 0.25) is 11.4 Å². The number of esters is 1. The second-order valence-corrected chi connectivity index (χ2v) is 4.39. The van der Waals surface area contributed by atoms with Crippen LogP contribution in [0.4, 0.5) is 0 Å². The lowest BCUT2D eigenvalue weighted by Crippen LogP contribution is -2.58. The molecular formula is C10H14O6. The van der Waals surface area contributed by atoms with Gasteiger partial charge in [-0.3, -0.25) is 0 Å². The van der Waals surface area contributed by atoms with Gasteiger partial charge in [0, 0.05) is 6.42 Å². The van der Waals surface area contributed by atoms with Crippen LogP contribution < -0.4 is 0 Å². The Kier molecular flexibility index (Phi) is 2.36. The highest BCUT2D eigenvalue weighted by Gasteiger charge is 2.72. The summed E-state index contributed by atoms with van der Waals surface area (Å²) in [5, 5.41) is 29.7. The van der Waals surface area contributed by atoms with Crippen LogP contribution in [-0.4, -0.2) is 51.5 Å². The highest BCUT2D eigenvalue weighted by molar-refractivity contribution is 5.84. The Hall–Kier alpha value is -0.950. The van der Waals surface area contributed by atoms with E-state index in [2.05, 4.69) is 6.58 Å². The summed E-state index contributed by atoms with van der Waals surface area (Å²) in [6.45, 7) is 4.98. The average molecular weight is 230 g/mol. The van der Waals surface area contributed by atoms with Crippen LogP contribution in [0.3, 0.4) is 0 Å². The maximum Gasteiger partial charge on any atom is 0.344 e. The van der Waals surface area contributed by atoms with Crippen molar-refractivity contribution in [1.82, 2.24) is 0 Å². The molecule has 0 bridgehead atoms. The SMILES string of the molecule is C=C(C)C[C@@]1(O)C(=O)O[C@@H]2[C@@H](O)CO[C@@]21O. The van der Waals surface area contributed by atoms with Crippen molar-refractivity contribution in [3.63, 3.8) is 0 Å². The minimum absolute atomic E-state index is 0.175. The Balaban J connectivity index is 2.38. The second kappa shape index (κ2) is 3.27. The molecule has 3 N–H and O–H groups in total. The molecule has 4 atom stereocenters. The van der Waals surface area contributed by atoms with Crippen LogP contribution in [-0.2, 0) is 14.3 Å². The Morgan fingerprint density at radius 2 is 2.25 bits per heavy atom. The number of carbonyl (C=O) groups excluding carboxylic acids is 1. The molecular weight excluding hydrogens is 216 g/mol. The van der Waals surface area contributed by atoms with Gasteiger partial charge < -0.3 is 24.8 Å². The summed E-state index contributed by atoms with van der Waals surface area (Å²) in [5.74, 6) is -3.19. The van der Waals surface area contributed by atoms with E-state index in [4.69, 9.17) is 9.47 Å². The highest BCUT2D eigenvalue weighted by Crippen LogP contribution is 2.45. The van der Waals surface area contributed by atoms with Gasteiger partial charge in [0.05, 0.1) is 6.61 Å². The summed E-state index contributed by atoms with van der Waals surface area (Å²) < 4.78 is 9.69. The van der Waals surface area contributed by atoms with Crippen molar-refractivity contribution in [2.75, 3.05) is 6.61 Å². The fourth-order valence-corrected chi connectivity index (χ4v) is 2.15. The fourth-order valence-electron chi connectivity index (χ4n) is 2.15. The molecule has 0 aromatic heterocycles. The first-order chi connectivity index (χ1) is 7.31. The molecule has 6 nitrogen and oxygen atoms in total. The predicted octanol–water partition coefficient (Wildman–Crippen LogP) is -1.31. The van der Waals surface area contributed by atoms with Gasteiger partial charge in [-0.05, 0) is 6.92 Å². The number of hydrogen-bond acceptors (Lipinski definition) is 6. The van der Waals surface area contributed by atoms with E-state index in [-0.39, 0.29) is 13.0 Å². The van der Waals surface area contributed by atoms with Crippen LogP contribution in [0.15, 0.2) is 12.2 Å². The molecule has 2 heterocycles. The van der Waals surface area contributed by atoms with E-state index in [1.165, 1.54) is 0 Å². The van der Waals surface area contributed by atoms with Gasteiger partial charge in [-0.25, -0.2) is 4.79 Å². The highest BCUT2D eigenvalue weighted by atomic mass is 16.7. The standard InChI is InChI=1S/C10H14O6/c1-5(2)3-9(13)8(12)16-7-6(11)4-15-10(7,9)14/h6-7,11,13-14H,1,3-4H2,2H3/t6-,7+,9+,10-/m0/s1. The molecule has 2 rings (SSSR count). The van der Waals surface area contributed by atoms with Crippen molar-refractivity contribution < 1.29 is 29.6 Å². The zero-order valence-electron chi connectivity index (χ0n) is 8.84. The number of aliphatic hydroxyl groups is 3. The minimum atomic E-state index is -2.19. The molecule has 0 radical (unpaired) electrons. The molecule has 0 aromatic rings. The molecule has 2 aliphatic heterocycles. The molecule has 90 valence electrons. The molecule has 2 fully saturated rings. The fraction of sp³-hybridized carbons (Fsp3) is 0.700. The van der Waals surface area contributed by atoms with Gasteiger partial charge in [0.1, 0.15) is 6.10 Å². The molecule has 0 unspecified atom stereocenters. The number of aliphatic hydroxyl groups excluding tert-OH is 1. The maximum absolute atomic E-state index is 11.5. The normalized spacial score (nSPS) is 46.6. The van der Waals surface area contributed by atoms with Gasteiger partial charge in [0.25, 0.3) is 0 Å². The molecule has 0 spiro atoms. The Labute approximate surface area is 92.1 Å². The quantitative estimate of drug-likeness (QED) is 0.402. The van der Waals surface area contributed by atoms with Gasteiger partial charge >= 0.3 is 5.97 Å². The predicted molar refractivity (Wildman–Crippen MR) is 51.2 cm³/mol. The van der Waals surface area contributed by atoms with Crippen LogP contribution in [0.25, 0.3) is 0 Å². The number of fused-ring (bicyclic) bond motifs is 1. The third kappa shape index (κ3) is 1.24. The van der Waals surface area contributed by atoms with Crippen LogP contribution in [0.2, 0.25) is 0 Å². The van der Waals surface area contributed by atoms with Crippen molar-refractivity contribution in [1.29, 1.82) is 0 Å². The first-order valence-electron chi connectivity index (χ1n) is 4.93. The molecule has 6 heteroatoms. The first kappa shape index (κ1) is 11.5.